The van der Waals surface area contributed by atoms with Crippen molar-refractivity contribution in [2.24, 2.45) is 0 Å². The van der Waals surface area contributed by atoms with Crippen molar-refractivity contribution in [1.29, 1.82) is 0 Å². The summed E-state index contributed by atoms with van der Waals surface area (Å²) in [7, 11) is 1.78. The van der Waals surface area contributed by atoms with E-state index in [4.69, 9.17) is 0 Å². The molecule has 0 radical (unpaired) electrons. The molecule has 88 valence electrons. The molecule has 0 aliphatic heterocycles. The second-order valence-electron chi connectivity index (χ2n) is 4.38. The van der Waals surface area contributed by atoms with Gasteiger partial charge in [0.05, 0.1) is 5.54 Å². The Kier molecular flexibility index (Phi) is 4.07. The molecule has 0 aliphatic rings. The van der Waals surface area contributed by atoms with Gasteiger partial charge in [-0.1, -0.05) is 19.1 Å². The van der Waals surface area contributed by atoms with Crippen LogP contribution in [0.25, 0.3) is 0 Å². The van der Waals surface area contributed by atoms with E-state index in [1.165, 1.54) is 5.56 Å². The van der Waals surface area contributed by atoms with Crippen LogP contribution in [0.4, 0.5) is 5.69 Å². The summed E-state index contributed by atoms with van der Waals surface area (Å²) >= 11 is 0. The van der Waals surface area contributed by atoms with Crippen LogP contribution in [0.15, 0.2) is 24.3 Å². The first-order chi connectivity index (χ1) is 7.49. The minimum absolute atomic E-state index is 0.0248. The van der Waals surface area contributed by atoms with Crippen molar-refractivity contribution >= 4 is 11.6 Å². The Morgan fingerprint density at radius 2 is 2.06 bits per heavy atom. The second-order valence-corrected chi connectivity index (χ2v) is 4.38. The Morgan fingerprint density at radius 3 is 2.62 bits per heavy atom. The minimum atomic E-state index is -0.553. The highest BCUT2D eigenvalue weighted by Crippen LogP contribution is 2.13. The van der Waals surface area contributed by atoms with E-state index < -0.39 is 5.54 Å². The van der Waals surface area contributed by atoms with Crippen molar-refractivity contribution in [1.82, 2.24) is 5.32 Å². The van der Waals surface area contributed by atoms with Crippen molar-refractivity contribution < 1.29 is 4.79 Å². The standard InChI is InChI=1S/C13H20N2O/c1-5-10-7-6-8-11(9-10)15-12(16)13(2,3)14-4/h6-9,14H,5H2,1-4H3,(H,15,16). The Labute approximate surface area is 97.2 Å². The van der Waals surface area contributed by atoms with Crippen LogP contribution in [-0.2, 0) is 11.2 Å². The molecular weight excluding hydrogens is 200 g/mol. The summed E-state index contributed by atoms with van der Waals surface area (Å²) in [6.07, 6.45) is 0.971. The maximum atomic E-state index is 11.9. The molecule has 0 aromatic heterocycles. The third-order valence-corrected chi connectivity index (χ3v) is 2.79. The molecule has 1 amide bonds. The number of hydrogen-bond donors (Lipinski definition) is 2. The number of anilines is 1. The Balaban J connectivity index is 2.77. The number of rotatable bonds is 4. The fourth-order valence-electron chi connectivity index (χ4n) is 1.27. The van der Waals surface area contributed by atoms with Gasteiger partial charge in [0.25, 0.3) is 0 Å². The smallest absolute Gasteiger partial charge is 0.244 e. The highest BCUT2D eigenvalue weighted by Gasteiger charge is 2.24. The lowest BCUT2D eigenvalue weighted by atomic mass is 10.0. The summed E-state index contributed by atoms with van der Waals surface area (Å²) in [6.45, 7) is 5.80. The van der Waals surface area contributed by atoms with E-state index in [-0.39, 0.29) is 5.91 Å². The maximum absolute atomic E-state index is 11.9. The van der Waals surface area contributed by atoms with Crippen LogP contribution in [0.3, 0.4) is 0 Å². The largest absolute Gasteiger partial charge is 0.324 e. The first-order valence-corrected chi connectivity index (χ1v) is 5.59. The zero-order valence-electron chi connectivity index (χ0n) is 10.4. The van der Waals surface area contributed by atoms with Crippen molar-refractivity contribution in [3.05, 3.63) is 29.8 Å². The van der Waals surface area contributed by atoms with Crippen LogP contribution >= 0.6 is 0 Å². The average Bonchev–Trinajstić information content (AvgIpc) is 2.29. The van der Waals surface area contributed by atoms with Gasteiger partial charge < -0.3 is 10.6 Å². The normalized spacial score (nSPS) is 11.2. The minimum Gasteiger partial charge on any atom is -0.324 e. The van der Waals surface area contributed by atoms with Crippen molar-refractivity contribution in [3.8, 4) is 0 Å². The lowest BCUT2D eigenvalue weighted by Crippen LogP contribution is -2.47. The second kappa shape index (κ2) is 5.12. The van der Waals surface area contributed by atoms with Crippen LogP contribution in [0.1, 0.15) is 26.3 Å². The van der Waals surface area contributed by atoms with Crippen LogP contribution in [-0.4, -0.2) is 18.5 Å². The summed E-state index contributed by atoms with van der Waals surface area (Å²) in [5.41, 5.74) is 1.52. The number of carbonyl (C=O) groups excluding carboxylic acids is 1. The number of nitrogens with one attached hydrogen (secondary N) is 2. The summed E-state index contributed by atoms with van der Waals surface area (Å²) in [6, 6.07) is 7.92. The lowest BCUT2D eigenvalue weighted by Gasteiger charge is -2.22. The quantitative estimate of drug-likeness (QED) is 0.816. The van der Waals surface area contributed by atoms with Gasteiger partial charge in [-0.05, 0) is 45.0 Å². The SMILES string of the molecule is CCc1cccc(NC(=O)C(C)(C)NC)c1. The number of carbonyl (C=O) groups is 1. The molecule has 0 saturated heterocycles. The highest BCUT2D eigenvalue weighted by molar-refractivity contribution is 5.97. The number of likely N-dealkylation sites (N-methyl/N-ethyl adjacent to an activating group) is 1. The third-order valence-electron chi connectivity index (χ3n) is 2.79. The Morgan fingerprint density at radius 1 is 1.38 bits per heavy atom. The van der Waals surface area contributed by atoms with Crippen LogP contribution in [0, 0.1) is 0 Å². The molecule has 0 bridgehead atoms. The summed E-state index contributed by atoms with van der Waals surface area (Å²) in [4.78, 5) is 11.9. The van der Waals surface area contributed by atoms with E-state index in [9.17, 15) is 4.79 Å². The molecule has 0 saturated carbocycles. The monoisotopic (exact) mass is 220 g/mol. The third kappa shape index (κ3) is 3.07. The molecule has 0 spiro atoms. The van der Waals surface area contributed by atoms with Crippen LogP contribution in [0.2, 0.25) is 0 Å². The van der Waals surface area contributed by atoms with Gasteiger partial charge in [-0.25, -0.2) is 0 Å². The van der Waals surface area contributed by atoms with Gasteiger partial charge in [0.1, 0.15) is 0 Å². The van der Waals surface area contributed by atoms with Crippen LogP contribution in [0.5, 0.6) is 0 Å². The van der Waals surface area contributed by atoms with Gasteiger partial charge in [0.15, 0.2) is 0 Å². The molecule has 0 unspecified atom stereocenters. The van der Waals surface area contributed by atoms with E-state index in [1.807, 2.05) is 32.0 Å². The molecule has 16 heavy (non-hydrogen) atoms. The van der Waals surface area contributed by atoms with E-state index in [0.29, 0.717) is 0 Å². The molecule has 0 fully saturated rings. The molecule has 0 aliphatic carbocycles. The van der Waals surface area contributed by atoms with Crippen LogP contribution < -0.4 is 10.6 Å². The van der Waals surface area contributed by atoms with E-state index in [1.54, 1.807) is 7.05 Å². The highest BCUT2D eigenvalue weighted by atomic mass is 16.2. The Hall–Kier alpha value is -1.35. The van der Waals surface area contributed by atoms with Gasteiger partial charge in [-0.3, -0.25) is 4.79 Å². The molecule has 3 heteroatoms. The molecular formula is C13H20N2O. The Bertz CT molecular complexity index is 372. The van der Waals surface area contributed by atoms with Crippen molar-refractivity contribution in [2.45, 2.75) is 32.7 Å². The molecule has 1 rings (SSSR count). The predicted octanol–water partition coefficient (Wildman–Crippen LogP) is 2.19. The first kappa shape index (κ1) is 12.7. The molecule has 1 aromatic carbocycles. The van der Waals surface area contributed by atoms with Gasteiger partial charge in [-0.15, -0.1) is 0 Å². The first-order valence-electron chi connectivity index (χ1n) is 5.59. The zero-order valence-corrected chi connectivity index (χ0v) is 10.4. The summed E-state index contributed by atoms with van der Waals surface area (Å²) in [5.74, 6) is -0.0248. The zero-order chi connectivity index (χ0) is 12.2. The number of amides is 1. The maximum Gasteiger partial charge on any atom is 0.244 e. The fourth-order valence-corrected chi connectivity index (χ4v) is 1.27. The van der Waals surface area contributed by atoms with Crippen molar-refractivity contribution in [2.75, 3.05) is 12.4 Å². The summed E-state index contributed by atoms with van der Waals surface area (Å²) in [5, 5.41) is 5.88. The molecule has 2 N–H and O–H groups in total. The van der Waals surface area contributed by atoms with E-state index in [0.717, 1.165) is 12.1 Å². The van der Waals surface area contributed by atoms with Crippen molar-refractivity contribution in [3.63, 3.8) is 0 Å². The van der Waals surface area contributed by atoms with Gasteiger partial charge >= 0.3 is 0 Å². The number of hydrogen-bond acceptors (Lipinski definition) is 2. The molecule has 0 atom stereocenters. The molecule has 0 heterocycles. The van der Waals surface area contributed by atoms with E-state index in [2.05, 4.69) is 23.6 Å². The predicted molar refractivity (Wildman–Crippen MR) is 67.6 cm³/mol. The topological polar surface area (TPSA) is 41.1 Å². The molecule has 3 nitrogen and oxygen atoms in total. The molecule has 1 aromatic rings. The number of benzene rings is 1. The van der Waals surface area contributed by atoms with Gasteiger partial charge in [-0.2, -0.15) is 0 Å². The number of aryl methyl sites for hydroxylation is 1. The van der Waals surface area contributed by atoms with Gasteiger partial charge in [0.2, 0.25) is 5.91 Å². The summed E-state index contributed by atoms with van der Waals surface area (Å²) < 4.78 is 0. The lowest BCUT2D eigenvalue weighted by molar-refractivity contribution is -0.121. The average molecular weight is 220 g/mol. The fraction of sp³-hybridized carbons (Fsp3) is 0.462. The van der Waals surface area contributed by atoms with E-state index >= 15 is 0 Å². The van der Waals surface area contributed by atoms with Gasteiger partial charge in [0, 0.05) is 5.69 Å².